The topological polar surface area (TPSA) is 40.1 Å². The standard InChI is InChI=1S/C15H7F5O2/c16-11-10(12(17)14(19)15(20)13(11)18)9(22)6-8(21)7-4-2-1-3-5-7/h1-6,21H/p-1. The van der Waals surface area contributed by atoms with Gasteiger partial charge < -0.3 is 5.11 Å². The molecule has 0 bridgehead atoms. The van der Waals surface area contributed by atoms with Crippen LogP contribution < -0.4 is 5.11 Å². The molecule has 2 aromatic rings. The monoisotopic (exact) mass is 313 g/mol. The van der Waals surface area contributed by atoms with Gasteiger partial charge in [0.25, 0.3) is 0 Å². The quantitative estimate of drug-likeness (QED) is 0.218. The van der Waals surface area contributed by atoms with E-state index in [2.05, 4.69) is 0 Å². The summed E-state index contributed by atoms with van der Waals surface area (Å²) in [6.07, 6.45) is 0.271. The van der Waals surface area contributed by atoms with Crippen LogP contribution in [0.1, 0.15) is 15.9 Å². The van der Waals surface area contributed by atoms with Gasteiger partial charge in [-0.05, 0) is 11.6 Å². The molecule has 0 fully saturated rings. The number of ketones is 1. The van der Waals surface area contributed by atoms with Crippen molar-refractivity contribution < 1.29 is 31.9 Å². The van der Waals surface area contributed by atoms with Gasteiger partial charge in [0.15, 0.2) is 29.1 Å². The number of hydrogen-bond donors (Lipinski definition) is 0. The Morgan fingerprint density at radius 1 is 0.818 bits per heavy atom. The van der Waals surface area contributed by atoms with E-state index in [1.165, 1.54) is 24.3 Å². The number of benzene rings is 2. The third-order valence-corrected chi connectivity index (χ3v) is 2.78. The van der Waals surface area contributed by atoms with Crippen LogP contribution in [-0.2, 0) is 0 Å². The fourth-order valence-corrected chi connectivity index (χ4v) is 1.70. The molecule has 0 aliphatic heterocycles. The predicted octanol–water partition coefficient (Wildman–Crippen LogP) is 2.97. The van der Waals surface area contributed by atoms with E-state index in [0.717, 1.165) is 0 Å². The Hall–Kier alpha value is -2.70. The molecule has 0 saturated heterocycles. The molecule has 0 saturated carbocycles. The van der Waals surface area contributed by atoms with E-state index in [9.17, 15) is 31.9 Å². The molecule has 114 valence electrons. The Morgan fingerprint density at radius 3 is 1.77 bits per heavy atom. The van der Waals surface area contributed by atoms with Gasteiger partial charge in [-0.15, -0.1) is 0 Å². The molecule has 0 aliphatic carbocycles. The molecule has 2 rings (SSSR count). The zero-order chi connectivity index (χ0) is 16.4. The number of carbonyl (C=O) groups excluding carboxylic acids is 1. The largest absolute Gasteiger partial charge is 0.872 e. The number of allylic oxidation sites excluding steroid dienone is 1. The average Bonchev–Trinajstić information content (AvgIpc) is 2.52. The van der Waals surface area contributed by atoms with E-state index >= 15 is 0 Å². The van der Waals surface area contributed by atoms with Crippen molar-refractivity contribution in [3.8, 4) is 0 Å². The molecular weight excluding hydrogens is 307 g/mol. The number of rotatable bonds is 3. The lowest BCUT2D eigenvalue weighted by atomic mass is 10.1. The van der Waals surface area contributed by atoms with Crippen LogP contribution in [0.5, 0.6) is 0 Å². The second-order valence-corrected chi connectivity index (χ2v) is 4.18. The van der Waals surface area contributed by atoms with Crippen molar-refractivity contribution >= 4 is 11.5 Å². The summed E-state index contributed by atoms with van der Waals surface area (Å²) in [5.74, 6) is -14.0. The molecule has 0 radical (unpaired) electrons. The number of carbonyl (C=O) groups is 1. The van der Waals surface area contributed by atoms with Gasteiger partial charge in [0.2, 0.25) is 5.82 Å². The van der Waals surface area contributed by atoms with E-state index in [0.29, 0.717) is 0 Å². The van der Waals surface area contributed by atoms with Gasteiger partial charge in [0.1, 0.15) is 0 Å². The van der Waals surface area contributed by atoms with Crippen molar-refractivity contribution in [1.29, 1.82) is 0 Å². The zero-order valence-corrected chi connectivity index (χ0v) is 10.7. The van der Waals surface area contributed by atoms with Crippen molar-refractivity contribution in [3.05, 3.63) is 76.6 Å². The minimum absolute atomic E-state index is 0.0275. The highest BCUT2D eigenvalue weighted by atomic mass is 19.2. The van der Waals surface area contributed by atoms with E-state index in [4.69, 9.17) is 0 Å². The van der Waals surface area contributed by atoms with Crippen molar-refractivity contribution in [2.24, 2.45) is 0 Å². The van der Waals surface area contributed by atoms with Gasteiger partial charge in [-0.3, -0.25) is 4.79 Å². The predicted molar refractivity (Wildman–Crippen MR) is 65.0 cm³/mol. The molecule has 0 atom stereocenters. The molecule has 2 nitrogen and oxygen atoms in total. The lowest BCUT2D eigenvalue weighted by Crippen LogP contribution is -2.13. The van der Waals surface area contributed by atoms with Gasteiger partial charge in [-0.25, -0.2) is 22.0 Å². The number of hydrogen-bond acceptors (Lipinski definition) is 2. The Balaban J connectivity index is 2.52. The highest BCUT2D eigenvalue weighted by Crippen LogP contribution is 2.24. The van der Waals surface area contributed by atoms with Crippen LogP contribution >= 0.6 is 0 Å². The molecule has 0 N–H and O–H groups in total. The minimum Gasteiger partial charge on any atom is -0.872 e. The summed E-state index contributed by atoms with van der Waals surface area (Å²) < 4.78 is 65.8. The highest BCUT2D eigenvalue weighted by molar-refractivity contribution is 6.08. The van der Waals surface area contributed by atoms with Gasteiger partial charge >= 0.3 is 0 Å². The summed E-state index contributed by atoms with van der Waals surface area (Å²) in [5, 5.41) is 11.7. The molecular formula is C15H6F5O2-. The van der Waals surface area contributed by atoms with Crippen LogP contribution in [0, 0.1) is 29.1 Å². The summed E-state index contributed by atoms with van der Waals surface area (Å²) >= 11 is 0. The SMILES string of the molecule is O=C(C=C([O-])c1ccccc1)c1c(F)c(F)c(F)c(F)c1F. The van der Waals surface area contributed by atoms with Crippen molar-refractivity contribution in [1.82, 2.24) is 0 Å². The maximum absolute atomic E-state index is 13.4. The third-order valence-electron chi connectivity index (χ3n) is 2.78. The van der Waals surface area contributed by atoms with Crippen LogP contribution in [0.4, 0.5) is 22.0 Å². The zero-order valence-electron chi connectivity index (χ0n) is 10.7. The molecule has 0 aliphatic rings. The van der Waals surface area contributed by atoms with Gasteiger partial charge in [0, 0.05) is 0 Å². The Bertz CT molecular complexity index is 740. The second-order valence-electron chi connectivity index (χ2n) is 4.18. The normalized spacial score (nSPS) is 11.6. The van der Waals surface area contributed by atoms with Crippen LogP contribution in [0.15, 0.2) is 36.4 Å². The van der Waals surface area contributed by atoms with Crippen LogP contribution in [0.3, 0.4) is 0 Å². The molecule has 0 unspecified atom stereocenters. The fourth-order valence-electron chi connectivity index (χ4n) is 1.70. The molecule has 0 aromatic heterocycles. The summed E-state index contributed by atoms with van der Waals surface area (Å²) in [6.45, 7) is 0. The van der Waals surface area contributed by atoms with Crippen LogP contribution in [0.2, 0.25) is 0 Å². The fraction of sp³-hybridized carbons (Fsp3) is 0. The van der Waals surface area contributed by atoms with Gasteiger partial charge in [-0.2, -0.15) is 0 Å². The first-order chi connectivity index (χ1) is 10.3. The first kappa shape index (κ1) is 15.7. The van der Waals surface area contributed by atoms with E-state index in [1.807, 2.05) is 0 Å². The van der Waals surface area contributed by atoms with Gasteiger partial charge in [0.05, 0.1) is 5.56 Å². The molecule has 22 heavy (non-hydrogen) atoms. The highest BCUT2D eigenvalue weighted by Gasteiger charge is 2.28. The molecule has 0 heterocycles. The molecule has 7 heteroatoms. The summed E-state index contributed by atoms with van der Waals surface area (Å²) in [6, 6.07) is 7.19. The summed E-state index contributed by atoms with van der Waals surface area (Å²) in [7, 11) is 0. The van der Waals surface area contributed by atoms with Crippen molar-refractivity contribution in [2.45, 2.75) is 0 Å². The van der Waals surface area contributed by atoms with Crippen LogP contribution in [0.25, 0.3) is 5.76 Å². The van der Waals surface area contributed by atoms with Crippen molar-refractivity contribution in [3.63, 3.8) is 0 Å². The molecule has 2 aromatic carbocycles. The lowest BCUT2D eigenvalue weighted by molar-refractivity contribution is -0.243. The van der Waals surface area contributed by atoms with E-state index in [-0.39, 0.29) is 11.6 Å². The third kappa shape index (κ3) is 2.69. The minimum atomic E-state index is -2.37. The second kappa shape index (κ2) is 5.97. The summed E-state index contributed by atoms with van der Waals surface area (Å²) in [5.41, 5.74) is -1.64. The maximum Gasteiger partial charge on any atom is 0.200 e. The molecule has 0 amide bonds. The van der Waals surface area contributed by atoms with Gasteiger partial charge in [-0.1, -0.05) is 36.1 Å². The maximum atomic E-state index is 13.4. The summed E-state index contributed by atoms with van der Waals surface area (Å²) in [4.78, 5) is 11.7. The Labute approximate surface area is 121 Å². The first-order valence-corrected chi connectivity index (χ1v) is 5.84. The van der Waals surface area contributed by atoms with Crippen LogP contribution in [-0.4, -0.2) is 5.78 Å². The average molecular weight is 313 g/mol. The van der Waals surface area contributed by atoms with E-state index < -0.39 is 46.2 Å². The Morgan fingerprint density at radius 2 is 1.27 bits per heavy atom. The van der Waals surface area contributed by atoms with Crippen molar-refractivity contribution in [2.75, 3.05) is 0 Å². The number of halogens is 5. The Kier molecular flexibility index (Phi) is 4.25. The van der Waals surface area contributed by atoms with E-state index in [1.54, 1.807) is 6.07 Å². The first-order valence-electron chi connectivity index (χ1n) is 5.84. The smallest absolute Gasteiger partial charge is 0.200 e. The lowest BCUT2D eigenvalue weighted by Gasteiger charge is -2.12. The molecule has 0 spiro atoms.